The summed E-state index contributed by atoms with van der Waals surface area (Å²) in [7, 11) is 2.01. The number of nitrogens with zero attached hydrogens (tertiary/aromatic N) is 4. The first-order valence-corrected chi connectivity index (χ1v) is 8.90. The number of aromatic amines is 1. The van der Waals surface area contributed by atoms with Crippen LogP contribution in [0.3, 0.4) is 0 Å². The molecule has 0 amide bonds. The van der Waals surface area contributed by atoms with Crippen molar-refractivity contribution in [2.75, 3.05) is 6.54 Å². The third-order valence-electron chi connectivity index (χ3n) is 5.45. The van der Waals surface area contributed by atoms with E-state index in [0.717, 1.165) is 37.6 Å². The predicted octanol–water partition coefficient (Wildman–Crippen LogP) is 1.37. The zero-order chi connectivity index (χ0) is 16.7. The van der Waals surface area contributed by atoms with Gasteiger partial charge in [-0.05, 0) is 50.0 Å². The van der Waals surface area contributed by atoms with Gasteiger partial charge in [0.15, 0.2) is 5.82 Å². The number of aryl methyl sites for hydroxylation is 2. The van der Waals surface area contributed by atoms with Gasteiger partial charge in [-0.1, -0.05) is 0 Å². The molecule has 0 radical (unpaired) electrons. The Kier molecular flexibility index (Phi) is 4.14. The zero-order valence-electron chi connectivity index (χ0n) is 14.4. The highest BCUT2D eigenvalue weighted by Gasteiger charge is 2.35. The molecule has 0 aromatic carbocycles. The summed E-state index contributed by atoms with van der Waals surface area (Å²) in [4.78, 5) is 4.42. The van der Waals surface area contributed by atoms with Crippen LogP contribution in [0.15, 0.2) is 6.20 Å². The fourth-order valence-corrected chi connectivity index (χ4v) is 3.88. The topological polar surface area (TPSA) is 91.7 Å². The Morgan fingerprint density at radius 1 is 1.33 bits per heavy atom. The van der Waals surface area contributed by atoms with E-state index < -0.39 is 0 Å². The van der Waals surface area contributed by atoms with E-state index in [-0.39, 0.29) is 17.9 Å². The number of aliphatic hydroxyl groups is 1. The van der Waals surface area contributed by atoms with Crippen LogP contribution in [0.4, 0.5) is 0 Å². The highest BCUT2D eigenvalue weighted by molar-refractivity contribution is 5.26. The van der Waals surface area contributed by atoms with E-state index >= 15 is 0 Å². The van der Waals surface area contributed by atoms with Crippen LogP contribution in [0.2, 0.25) is 0 Å². The number of H-pyrrole nitrogens is 1. The molecule has 2 aromatic rings. The average Bonchev–Trinajstić information content (AvgIpc) is 3.04. The molecular weight excluding hydrogens is 304 g/mol. The summed E-state index contributed by atoms with van der Waals surface area (Å²) in [5.74, 6) is 2.91. The van der Waals surface area contributed by atoms with Gasteiger partial charge in [0.1, 0.15) is 5.82 Å². The van der Waals surface area contributed by atoms with E-state index in [1.165, 1.54) is 24.1 Å². The highest BCUT2D eigenvalue weighted by atomic mass is 16.3. The number of rotatable bonds is 6. The molecule has 0 aliphatic heterocycles. The third kappa shape index (κ3) is 3.10. The number of aliphatic hydroxyl groups excluding tert-OH is 1. The summed E-state index contributed by atoms with van der Waals surface area (Å²) in [5.41, 5.74) is 2.68. The minimum atomic E-state index is -0.282. The van der Waals surface area contributed by atoms with Crippen molar-refractivity contribution in [3.63, 3.8) is 0 Å². The largest absolute Gasteiger partial charge is 0.393 e. The van der Waals surface area contributed by atoms with Crippen LogP contribution in [0.1, 0.15) is 60.4 Å². The summed E-state index contributed by atoms with van der Waals surface area (Å²) >= 11 is 0. The van der Waals surface area contributed by atoms with Crippen LogP contribution in [0.25, 0.3) is 0 Å². The highest BCUT2D eigenvalue weighted by Crippen LogP contribution is 2.41. The number of hydrogen-bond donors (Lipinski definition) is 3. The Labute approximate surface area is 141 Å². The summed E-state index contributed by atoms with van der Waals surface area (Å²) in [6, 6.07) is 0. The van der Waals surface area contributed by atoms with Crippen LogP contribution in [-0.2, 0) is 13.6 Å². The molecule has 0 saturated heterocycles. The van der Waals surface area contributed by atoms with Gasteiger partial charge < -0.3 is 10.4 Å². The van der Waals surface area contributed by atoms with E-state index in [1.54, 1.807) is 0 Å². The maximum Gasteiger partial charge on any atom is 0.153 e. The predicted molar refractivity (Wildman–Crippen MR) is 89.5 cm³/mol. The Bertz CT molecular complexity index is 704. The molecule has 0 unspecified atom stereocenters. The van der Waals surface area contributed by atoms with Gasteiger partial charge in [-0.3, -0.25) is 9.78 Å². The van der Waals surface area contributed by atoms with E-state index in [1.807, 2.05) is 24.9 Å². The first-order chi connectivity index (χ1) is 11.6. The minimum Gasteiger partial charge on any atom is -0.393 e. The maximum atomic E-state index is 10.4. The van der Waals surface area contributed by atoms with Crippen molar-refractivity contribution in [3.05, 3.63) is 29.1 Å². The third-order valence-corrected chi connectivity index (χ3v) is 5.45. The van der Waals surface area contributed by atoms with E-state index in [2.05, 4.69) is 25.6 Å². The first kappa shape index (κ1) is 15.8. The molecule has 2 heterocycles. The Hall–Kier alpha value is -1.73. The molecule has 2 saturated carbocycles. The number of nitrogens with one attached hydrogen (secondary N) is 2. The van der Waals surface area contributed by atoms with Crippen molar-refractivity contribution in [1.82, 2.24) is 30.3 Å². The van der Waals surface area contributed by atoms with Crippen LogP contribution >= 0.6 is 0 Å². The molecule has 24 heavy (non-hydrogen) atoms. The molecule has 130 valence electrons. The molecule has 3 N–H and O–H groups in total. The lowest BCUT2D eigenvalue weighted by Gasteiger charge is -2.15. The molecule has 2 fully saturated rings. The first-order valence-electron chi connectivity index (χ1n) is 8.90. The van der Waals surface area contributed by atoms with E-state index in [0.29, 0.717) is 5.92 Å². The molecule has 7 heteroatoms. The number of aromatic nitrogens is 5. The molecule has 2 aromatic heterocycles. The Morgan fingerprint density at radius 2 is 2.17 bits per heavy atom. The normalized spacial score (nSPS) is 27.0. The molecule has 3 atom stereocenters. The summed E-state index contributed by atoms with van der Waals surface area (Å²) in [6.07, 6.45) is 6.00. The number of hydrogen-bond acceptors (Lipinski definition) is 5. The summed E-state index contributed by atoms with van der Waals surface area (Å²) in [6.45, 7) is 3.54. The van der Waals surface area contributed by atoms with Gasteiger partial charge in [0.25, 0.3) is 0 Å². The summed E-state index contributed by atoms with van der Waals surface area (Å²) in [5, 5.41) is 25.5. The zero-order valence-corrected chi connectivity index (χ0v) is 14.4. The van der Waals surface area contributed by atoms with Crippen molar-refractivity contribution >= 4 is 0 Å². The lowest BCUT2D eigenvalue weighted by atomic mass is 10.0. The van der Waals surface area contributed by atoms with Gasteiger partial charge in [-0.25, -0.2) is 4.98 Å². The molecule has 0 spiro atoms. The van der Waals surface area contributed by atoms with Gasteiger partial charge >= 0.3 is 0 Å². The van der Waals surface area contributed by atoms with Crippen LogP contribution in [0.5, 0.6) is 0 Å². The van der Waals surface area contributed by atoms with Crippen LogP contribution < -0.4 is 5.32 Å². The second-order valence-electron chi connectivity index (χ2n) is 7.35. The lowest BCUT2D eigenvalue weighted by molar-refractivity contribution is 0.131. The maximum absolute atomic E-state index is 10.4. The standard InChI is InChI=1S/C17H26N6O/c1-10-20-17(22-21-10)12-5-13(16(24)6-12)7-18-9-15-14(11-3-4-11)8-19-23(15)2/h8,11-13,16,18,24H,3-7,9H2,1-2H3,(H,20,21,22)/t12-,13+,16+/m0/s1. The molecule has 2 aliphatic carbocycles. The van der Waals surface area contributed by atoms with Crippen molar-refractivity contribution in [1.29, 1.82) is 0 Å². The molecule has 4 rings (SSSR count). The SMILES string of the molecule is Cc1nc([C@H]2C[C@H](CNCc3c(C4CC4)cnn3C)[C@H](O)C2)n[nH]1. The smallest absolute Gasteiger partial charge is 0.153 e. The fourth-order valence-electron chi connectivity index (χ4n) is 3.88. The molecular formula is C17H26N6O. The van der Waals surface area contributed by atoms with Gasteiger partial charge in [0.2, 0.25) is 0 Å². The van der Waals surface area contributed by atoms with E-state index in [9.17, 15) is 5.11 Å². The monoisotopic (exact) mass is 330 g/mol. The average molecular weight is 330 g/mol. The quantitative estimate of drug-likeness (QED) is 0.744. The molecule has 0 bridgehead atoms. The van der Waals surface area contributed by atoms with Crippen molar-refractivity contribution in [2.24, 2.45) is 13.0 Å². The van der Waals surface area contributed by atoms with Crippen molar-refractivity contribution < 1.29 is 5.11 Å². The Balaban J connectivity index is 1.32. The van der Waals surface area contributed by atoms with E-state index in [4.69, 9.17) is 0 Å². The lowest BCUT2D eigenvalue weighted by Crippen LogP contribution is -2.28. The second kappa shape index (κ2) is 6.29. The van der Waals surface area contributed by atoms with Gasteiger partial charge in [0, 0.05) is 26.1 Å². The second-order valence-corrected chi connectivity index (χ2v) is 7.35. The summed E-state index contributed by atoms with van der Waals surface area (Å²) < 4.78 is 1.98. The van der Waals surface area contributed by atoms with Crippen LogP contribution in [-0.4, -0.2) is 42.7 Å². The molecule has 7 nitrogen and oxygen atoms in total. The Morgan fingerprint density at radius 3 is 2.88 bits per heavy atom. The molecule has 2 aliphatic rings. The van der Waals surface area contributed by atoms with Gasteiger partial charge in [0.05, 0.1) is 18.0 Å². The fraction of sp³-hybridized carbons (Fsp3) is 0.706. The van der Waals surface area contributed by atoms with Gasteiger partial charge in [-0.15, -0.1) is 0 Å². The van der Waals surface area contributed by atoms with Gasteiger partial charge in [-0.2, -0.15) is 10.2 Å². The van der Waals surface area contributed by atoms with Crippen molar-refractivity contribution in [2.45, 2.75) is 57.1 Å². The minimum absolute atomic E-state index is 0.256. The van der Waals surface area contributed by atoms with Crippen LogP contribution in [0, 0.1) is 12.8 Å². The van der Waals surface area contributed by atoms with Crippen molar-refractivity contribution in [3.8, 4) is 0 Å².